The van der Waals surface area contributed by atoms with Gasteiger partial charge in [0.05, 0.1) is 0 Å². The summed E-state index contributed by atoms with van der Waals surface area (Å²) in [6, 6.07) is 0. The van der Waals surface area contributed by atoms with E-state index in [1.165, 1.54) is 0 Å². The SMILES string of the molecule is O[Si](O)(O)O.[B].[BaH2]. The summed E-state index contributed by atoms with van der Waals surface area (Å²) in [5.41, 5.74) is 0. The Bertz CT molecular complexity index is 27.2. The summed E-state index contributed by atoms with van der Waals surface area (Å²) in [5, 5.41) is 0. The molecule has 0 atom stereocenters. The summed E-state index contributed by atoms with van der Waals surface area (Å²) in [4.78, 5) is 29.3. The summed E-state index contributed by atoms with van der Waals surface area (Å²) in [6.07, 6.45) is 0. The molecule has 0 aromatic rings. The van der Waals surface area contributed by atoms with E-state index < -0.39 is 9.05 Å². The number of hydrogen-bond donors (Lipinski definition) is 4. The van der Waals surface area contributed by atoms with Crippen LogP contribution in [0, 0.1) is 0 Å². The van der Waals surface area contributed by atoms with Crippen LogP contribution < -0.4 is 0 Å². The topological polar surface area (TPSA) is 80.9 Å². The molecule has 7 heavy (non-hydrogen) atoms. The molecule has 3 radical (unpaired) electrons. The molecule has 0 saturated carbocycles. The summed E-state index contributed by atoms with van der Waals surface area (Å²) < 4.78 is 0. The Hall–Kier alpha value is 1.69. The third-order valence-electron chi connectivity index (χ3n) is 0. The van der Waals surface area contributed by atoms with Gasteiger partial charge < -0.3 is 19.2 Å². The summed E-state index contributed by atoms with van der Waals surface area (Å²) in [7, 11) is -4.61. The second-order valence-electron chi connectivity index (χ2n) is 0.600. The van der Waals surface area contributed by atoms with Crippen LogP contribution >= 0.6 is 0 Å². The van der Waals surface area contributed by atoms with Gasteiger partial charge in [0.1, 0.15) is 0 Å². The van der Waals surface area contributed by atoms with E-state index in [1.807, 2.05) is 0 Å². The van der Waals surface area contributed by atoms with Gasteiger partial charge in [0.2, 0.25) is 0 Å². The zero-order chi connectivity index (χ0) is 4.50. The van der Waals surface area contributed by atoms with Gasteiger partial charge in [-0.1, -0.05) is 0 Å². The van der Waals surface area contributed by atoms with Crippen LogP contribution in [0.5, 0.6) is 0 Å². The fraction of sp³-hybridized carbons (Fsp3) is 0. The summed E-state index contributed by atoms with van der Waals surface area (Å²) in [5.74, 6) is 0. The van der Waals surface area contributed by atoms with Gasteiger partial charge in [0, 0.05) is 8.41 Å². The van der Waals surface area contributed by atoms with Crippen LogP contribution in [0.1, 0.15) is 0 Å². The van der Waals surface area contributed by atoms with Gasteiger partial charge in [0.15, 0.2) is 0 Å². The molecule has 0 aliphatic rings. The number of hydrogen-bond acceptors (Lipinski definition) is 4. The zero-order valence-corrected chi connectivity index (χ0v) is 3.87. The minimum atomic E-state index is -4.61. The Morgan fingerprint density at radius 2 is 0.857 bits per heavy atom. The second kappa shape index (κ2) is 5.82. The van der Waals surface area contributed by atoms with Crippen molar-refractivity contribution >= 4 is 66.3 Å². The number of rotatable bonds is 0. The van der Waals surface area contributed by atoms with E-state index in [4.69, 9.17) is 19.2 Å². The van der Waals surface area contributed by atoms with Crippen molar-refractivity contribution in [3.8, 4) is 0 Å². The van der Waals surface area contributed by atoms with Gasteiger partial charge >= 0.3 is 57.9 Å². The van der Waals surface area contributed by atoms with Gasteiger partial charge in [-0.05, 0) is 0 Å². The first kappa shape index (κ1) is 15.9. The van der Waals surface area contributed by atoms with Crippen LogP contribution in [-0.2, 0) is 0 Å². The molecule has 0 aromatic heterocycles. The average molecular weight is 246 g/mol. The van der Waals surface area contributed by atoms with Gasteiger partial charge in [-0.25, -0.2) is 0 Å². The molecular formula is H6BBaO4Si. The molecule has 0 fully saturated rings. The molecule has 0 bridgehead atoms. The van der Waals surface area contributed by atoms with Gasteiger partial charge in [-0.3, -0.25) is 0 Å². The molecule has 4 nitrogen and oxygen atoms in total. The molecule has 39 valence electrons. The fourth-order valence-corrected chi connectivity index (χ4v) is 0. The Morgan fingerprint density at radius 3 is 0.857 bits per heavy atom. The predicted octanol–water partition coefficient (Wildman–Crippen LogP) is -3.91. The molecular weight excluding hydrogens is 240 g/mol. The summed E-state index contributed by atoms with van der Waals surface area (Å²) >= 11 is 0. The average Bonchev–Trinajstić information content (AvgIpc) is 0.722. The van der Waals surface area contributed by atoms with Crippen LogP contribution in [0.25, 0.3) is 0 Å². The van der Waals surface area contributed by atoms with Gasteiger partial charge in [-0.2, -0.15) is 0 Å². The molecule has 0 spiro atoms. The van der Waals surface area contributed by atoms with Crippen molar-refractivity contribution in [2.24, 2.45) is 0 Å². The van der Waals surface area contributed by atoms with E-state index in [1.54, 1.807) is 0 Å². The molecule has 0 amide bonds. The zero-order valence-electron chi connectivity index (χ0n) is 2.87. The quantitative estimate of drug-likeness (QED) is 0.329. The Morgan fingerprint density at radius 1 is 0.857 bits per heavy atom. The molecule has 0 unspecified atom stereocenters. The van der Waals surface area contributed by atoms with Crippen molar-refractivity contribution < 1.29 is 19.2 Å². The fourth-order valence-electron chi connectivity index (χ4n) is 0. The van der Waals surface area contributed by atoms with E-state index >= 15 is 0 Å². The van der Waals surface area contributed by atoms with Crippen molar-refractivity contribution in [1.29, 1.82) is 0 Å². The maximum absolute atomic E-state index is 7.33. The molecule has 0 rings (SSSR count). The first-order valence-electron chi connectivity index (χ1n) is 0.894. The van der Waals surface area contributed by atoms with Crippen molar-refractivity contribution in [3.63, 3.8) is 0 Å². The molecule has 4 N–H and O–H groups in total. The normalized spacial score (nSPS) is 8.57. The molecule has 0 aromatic carbocycles. The van der Waals surface area contributed by atoms with Crippen LogP contribution in [0.2, 0.25) is 0 Å². The van der Waals surface area contributed by atoms with Crippen molar-refractivity contribution in [2.75, 3.05) is 0 Å². The second-order valence-corrected chi connectivity index (χ2v) is 1.80. The van der Waals surface area contributed by atoms with Crippen molar-refractivity contribution in [2.45, 2.75) is 0 Å². The van der Waals surface area contributed by atoms with E-state index in [9.17, 15) is 0 Å². The van der Waals surface area contributed by atoms with Gasteiger partial charge in [-0.15, -0.1) is 0 Å². The molecule has 0 aliphatic carbocycles. The van der Waals surface area contributed by atoms with Gasteiger partial charge in [0.25, 0.3) is 0 Å². The Kier molecular flexibility index (Phi) is 13.2. The van der Waals surface area contributed by atoms with Crippen molar-refractivity contribution in [3.05, 3.63) is 0 Å². The minimum absolute atomic E-state index is 0. The Balaban J connectivity index is -0.0000000800. The monoisotopic (exact) mass is 247 g/mol. The molecule has 0 heterocycles. The van der Waals surface area contributed by atoms with Crippen LogP contribution in [0.4, 0.5) is 0 Å². The standard InChI is InChI=1S/B.Ba.H4O4Si.2H/c;;1-5(2,3)4;;/h;;1-4H;;. The van der Waals surface area contributed by atoms with Crippen LogP contribution in [-0.4, -0.2) is 85.5 Å². The van der Waals surface area contributed by atoms with E-state index in [0.717, 1.165) is 0 Å². The third-order valence-corrected chi connectivity index (χ3v) is 0. The Labute approximate surface area is 84.3 Å². The first-order valence-corrected chi connectivity index (χ1v) is 2.68. The van der Waals surface area contributed by atoms with E-state index in [0.29, 0.717) is 0 Å². The predicted molar refractivity (Wildman–Crippen MR) is 28.9 cm³/mol. The van der Waals surface area contributed by atoms with Crippen molar-refractivity contribution in [1.82, 2.24) is 0 Å². The van der Waals surface area contributed by atoms with E-state index in [2.05, 4.69) is 0 Å². The molecule has 7 heteroatoms. The van der Waals surface area contributed by atoms with Crippen LogP contribution in [0.3, 0.4) is 0 Å². The molecule has 0 saturated heterocycles. The van der Waals surface area contributed by atoms with E-state index in [-0.39, 0.29) is 57.3 Å². The maximum atomic E-state index is 7.33. The third kappa shape index (κ3) is 87.0. The summed E-state index contributed by atoms with van der Waals surface area (Å²) in [6.45, 7) is 0. The van der Waals surface area contributed by atoms with Crippen LogP contribution in [0.15, 0.2) is 0 Å². The first-order chi connectivity index (χ1) is 2.00. The molecule has 0 aliphatic heterocycles.